The zero-order valence-electron chi connectivity index (χ0n) is 7.14. The molecule has 5 rings (SSSR count). The Bertz CT molecular complexity index is 346. The van der Waals surface area contributed by atoms with Gasteiger partial charge in [-0.1, -0.05) is 0 Å². The fourth-order valence-electron chi connectivity index (χ4n) is 5.80. The third-order valence-electron chi connectivity index (χ3n) is 5.82. The van der Waals surface area contributed by atoms with Gasteiger partial charge in [0.15, 0.2) is 0 Å². The van der Waals surface area contributed by atoms with Gasteiger partial charge in [0.25, 0.3) is 0 Å². The molecule has 0 spiro atoms. The highest BCUT2D eigenvalue weighted by atomic mass is 16.1. The molecule has 0 saturated heterocycles. The number of Topliss-reactive ketones (excluding diaryl/α,β-unsaturated/α-hetero) is 2. The van der Waals surface area contributed by atoms with E-state index in [-0.39, 0.29) is 23.7 Å². The zero-order valence-corrected chi connectivity index (χ0v) is 7.14. The summed E-state index contributed by atoms with van der Waals surface area (Å²) < 4.78 is 0. The monoisotopic (exact) mass is 174 g/mol. The molecule has 66 valence electrons. The fraction of sp³-hybridized carbons (Fsp3) is 0.818. The van der Waals surface area contributed by atoms with Crippen LogP contribution in [0.25, 0.3) is 0 Å². The van der Waals surface area contributed by atoms with Crippen LogP contribution in [0.5, 0.6) is 0 Å². The number of fused-ring (bicyclic) bond motifs is 2. The Morgan fingerprint density at radius 3 is 1.69 bits per heavy atom. The topological polar surface area (TPSA) is 34.1 Å². The van der Waals surface area contributed by atoms with Crippen LogP contribution in [-0.2, 0) is 9.59 Å². The number of hydrogen-bond acceptors (Lipinski definition) is 2. The van der Waals surface area contributed by atoms with Gasteiger partial charge in [0, 0.05) is 23.7 Å². The molecule has 5 saturated carbocycles. The molecule has 0 aromatic heterocycles. The molecule has 5 aliphatic carbocycles. The number of hydrogen-bond donors (Lipinski definition) is 0. The van der Waals surface area contributed by atoms with E-state index in [4.69, 9.17) is 0 Å². The van der Waals surface area contributed by atoms with Gasteiger partial charge in [-0.3, -0.25) is 9.59 Å². The molecule has 2 bridgehead atoms. The van der Waals surface area contributed by atoms with Crippen LogP contribution in [0.3, 0.4) is 0 Å². The summed E-state index contributed by atoms with van der Waals surface area (Å²) in [6.45, 7) is 0. The molecule has 0 heterocycles. The molecule has 0 N–H and O–H groups in total. The van der Waals surface area contributed by atoms with Crippen molar-refractivity contribution in [1.82, 2.24) is 0 Å². The molecule has 0 aromatic rings. The average Bonchev–Trinajstić information content (AvgIpc) is 2.52. The average molecular weight is 174 g/mol. The number of carbonyl (C=O) groups excluding carboxylic acids is 2. The maximum absolute atomic E-state index is 11.9. The molecule has 0 aliphatic heterocycles. The van der Waals surface area contributed by atoms with Crippen molar-refractivity contribution in [1.29, 1.82) is 0 Å². The predicted octanol–water partition coefficient (Wildman–Crippen LogP) is 0.512. The van der Waals surface area contributed by atoms with Crippen LogP contribution >= 0.6 is 0 Å². The highest BCUT2D eigenvalue weighted by molar-refractivity contribution is 6.06. The zero-order chi connectivity index (χ0) is 8.48. The van der Waals surface area contributed by atoms with Crippen molar-refractivity contribution in [3.8, 4) is 0 Å². The van der Waals surface area contributed by atoms with Crippen LogP contribution in [0, 0.1) is 47.3 Å². The maximum atomic E-state index is 11.9. The van der Waals surface area contributed by atoms with Crippen molar-refractivity contribution in [2.24, 2.45) is 47.3 Å². The molecule has 0 radical (unpaired) electrons. The highest BCUT2D eigenvalue weighted by Gasteiger charge is 2.84. The van der Waals surface area contributed by atoms with Gasteiger partial charge in [-0.05, 0) is 30.1 Å². The molecule has 0 aromatic carbocycles. The van der Waals surface area contributed by atoms with Gasteiger partial charge in [0.2, 0.25) is 0 Å². The Hall–Kier alpha value is -0.660. The second kappa shape index (κ2) is 1.32. The van der Waals surface area contributed by atoms with E-state index >= 15 is 0 Å². The van der Waals surface area contributed by atoms with Crippen molar-refractivity contribution in [3.63, 3.8) is 0 Å². The van der Waals surface area contributed by atoms with Crippen LogP contribution in [0.15, 0.2) is 0 Å². The SMILES string of the molecule is O=C1[C@@H]2[C@H]3C[C@H]4[C@H]2C(=O)[C@H]2[C@H]1[C@@H]3[C@@H]42. The van der Waals surface area contributed by atoms with Gasteiger partial charge in [-0.25, -0.2) is 0 Å². The summed E-state index contributed by atoms with van der Waals surface area (Å²) in [5, 5.41) is 0. The molecule has 13 heavy (non-hydrogen) atoms. The Balaban J connectivity index is 1.92. The first-order valence-corrected chi connectivity index (χ1v) is 5.38. The van der Waals surface area contributed by atoms with Crippen LogP contribution in [0.1, 0.15) is 6.42 Å². The fourth-order valence-corrected chi connectivity index (χ4v) is 5.80. The molecule has 0 amide bonds. The number of ketones is 2. The van der Waals surface area contributed by atoms with Gasteiger partial charge in [0.05, 0.1) is 0 Å². The summed E-state index contributed by atoms with van der Waals surface area (Å²) in [7, 11) is 0. The second-order valence-electron chi connectivity index (χ2n) is 5.63. The van der Waals surface area contributed by atoms with Crippen LogP contribution < -0.4 is 0 Å². The first kappa shape index (κ1) is 5.94. The minimum atomic E-state index is 0.211. The van der Waals surface area contributed by atoms with Gasteiger partial charge in [-0.2, -0.15) is 0 Å². The minimum absolute atomic E-state index is 0.211. The molecule has 0 unspecified atom stereocenters. The van der Waals surface area contributed by atoms with E-state index in [2.05, 4.69) is 0 Å². The Labute approximate surface area is 75.7 Å². The third kappa shape index (κ3) is 0.323. The van der Waals surface area contributed by atoms with Gasteiger partial charge >= 0.3 is 0 Å². The predicted molar refractivity (Wildman–Crippen MR) is 42.6 cm³/mol. The molecule has 5 aliphatic rings. The summed E-state index contributed by atoms with van der Waals surface area (Å²) in [5.41, 5.74) is 0. The summed E-state index contributed by atoms with van der Waals surface area (Å²) in [6, 6.07) is 0. The largest absolute Gasteiger partial charge is 0.299 e. The van der Waals surface area contributed by atoms with E-state index in [1.165, 1.54) is 6.42 Å². The Morgan fingerprint density at radius 1 is 0.769 bits per heavy atom. The lowest BCUT2D eigenvalue weighted by molar-refractivity contribution is -0.145. The molecule has 8 atom stereocenters. The summed E-state index contributed by atoms with van der Waals surface area (Å²) in [6.07, 6.45) is 1.22. The number of carbonyl (C=O) groups is 2. The smallest absolute Gasteiger partial charge is 0.141 e. The van der Waals surface area contributed by atoms with E-state index in [1.807, 2.05) is 0 Å². The van der Waals surface area contributed by atoms with Crippen molar-refractivity contribution in [3.05, 3.63) is 0 Å². The summed E-state index contributed by atoms with van der Waals surface area (Å²) in [4.78, 5) is 23.8. The maximum Gasteiger partial charge on any atom is 0.141 e. The normalized spacial score (nSPS) is 74.2. The minimum Gasteiger partial charge on any atom is -0.299 e. The lowest BCUT2D eigenvalue weighted by Gasteiger charge is -2.42. The lowest BCUT2D eigenvalue weighted by atomic mass is 9.59. The Morgan fingerprint density at radius 2 is 1.23 bits per heavy atom. The number of rotatable bonds is 0. The van der Waals surface area contributed by atoms with Crippen molar-refractivity contribution < 1.29 is 9.59 Å². The third-order valence-corrected chi connectivity index (χ3v) is 5.82. The second-order valence-corrected chi connectivity index (χ2v) is 5.63. The van der Waals surface area contributed by atoms with Crippen LogP contribution in [0.4, 0.5) is 0 Å². The first-order chi connectivity index (χ1) is 6.30. The van der Waals surface area contributed by atoms with E-state index in [0.717, 1.165) is 0 Å². The lowest BCUT2D eigenvalue weighted by Crippen LogP contribution is -2.47. The van der Waals surface area contributed by atoms with E-state index in [1.54, 1.807) is 0 Å². The highest BCUT2D eigenvalue weighted by Crippen LogP contribution is 2.80. The molecular weight excluding hydrogens is 164 g/mol. The van der Waals surface area contributed by atoms with Crippen molar-refractivity contribution >= 4 is 11.6 Å². The molecule has 2 heteroatoms. The molecule has 5 fully saturated rings. The standard InChI is InChI=1S/C11H10O2/c12-10-6-2-1-3-5-4(2)8(10)9(5)11(13)7(3)6/h2-9H,1H2/t2-,3+,4-,5+,6-,7-,8-,9-/m1/s1. The van der Waals surface area contributed by atoms with Crippen LogP contribution in [-0.4, -0.2) is 11.6 Å². The summed E-state index contributed by atoms with van der Waals surface area (Å²) >= 11 is 0. The Kier molecular flexibility index (Phi) is 0.602. The van der Waals surface area contributed by atoms with Gasteiger partial charge < -0.3 is 0 Å². The van der Waals surface area contributed by atoms with Crippen molar-refractivity contribution in [2.75, 3.05) is 0 Å². The van der Waals surface area contributed by atoms with E-state index in [9.17, 15) is 9.59 Å². The molecule has 2 nitrogen and oxygen atoms in total. The summed E-state index contributed by atoms with van der Waals surface area (Å²) in [5.74, 6) is 4.49. The quantitative estimate of drug-likeness (QED) is 0.536. The first-order valence-electron chi connectivity index (χ1n) is 5.38. The van der Waals surface area contributed by atoms with Crippen LogP contribution in [0.2, 0.25) is 0 Å². The van der Waals surface area contributed by atoms with Crippen molar-refractivity contribution in [2.45, 2.75) is 6.42 Å². The van der Waals surface area contributed by atoms with E-state index in [0.29, 0.717) is 35.2 Å². The van der Waals surface area contributed by atoms with E-state index < -0.39 is 0 Å². The van der Waals surface area contributed by atoms with Gasteiger partial charge in [-0.15, -0.1) is 0 Å². The molecular formula is C11H10O2. The van der Waals surface area contributed by atoms with Gasteiger partial charge in [0.1, 0.15) is 11.6 Å².